The van der Waals surface area contributed by atoms with Crippen molar-refractivity contribution in [3.63, 3.8) is 0 Å². The van der Waals surface area contributed by atoms with Gasteiger partial charge in [-0.3, -0.25) is 24.1 Å². The van der Waals surface area contributed by atoms with E-state index in [0.29, 0.717) is 26.1 Å². The number of nitrogens with one attached hydrogen (secondary N) is 2. The van der Waals surface area contributed by atoms with Crippen LogP contribution >= 0.6 is 0 Å². The number of hydrogen-bond acceptors (Lipinski definition) is 10. The summed E-state index contributed by atoms with van der Waals surface area (Å²) in [6.45, 7) is 15.5. The van der Waals surface area contributed by atoms with Crippen molar-refractivity contribution in [3.05, 3.63) is 35.9 Å². The quantitative estimate of drug-likeness (QED) is 0.0978. The summed E-state index contributed by atoms with van der Waals surface area (Å²) in [5, 5.41) is 5.96. The van der Waals surface area contributed by atoms with E-state index in [2.05, 4.69) is 10.6 Å². The van der Waals surface area contributed by atoms with E-state index in [1.807, 2.05) is 83.8 Å². The van der Waals surface area contributed by atoms with Gasteiger partial charge in [-0.25, -0.2) is 4.79 Å². The molecule has 1 aliphatic heterocycles. The standard InChI is InChI=1S/C44H76N6O8/c1-13-30(6)39(49(9)43(54)37(28(2)3)47-42(53)38(29(4)5)48(8)24-18-17-23-45)35(56-10)27-36(51)50-25-19-22-34(50)40(57-11)31(7)41(52)46-33(44(55)58-12)26-32-20-15-14-16-21-32/h14-16,20-21,28-31,33-35,37-40H,13,17-19,22-27,45H2,1-12H3,(H,46,52)(H,47,53). The van der Waals surface area contributed by atoms with Crippen molar-refractivity contribution < 1.29 is 38.2 Å². The lowest BCUT2D eigenvalue weighted by Gasteiger charge is -2.41. The van der Waals surface area contributed by atoms with Crippen LogP contribution in [-0.2, 0) is 44.6 Å². The smallest absolute Gasteiger partial charge is 0.328 e. The lowest BCUT2D eigenvalue weighted by Crippen LogP contribution is -2.60. The number of nitrogens with zero attached hydrogens (tertiary/aromatic N) is 3. The molecule has 9 atom stereocenters. The fourth-order valence-corrected chi connectivity index (χ4v) is 8.42. The topological polar surface area (TPSA) is 173 Å². The maximum atomic E-state index is 14.4. The minimum absolute atomic E-state index is 0.000148. The molecule has 1 fully saturated rings. The Morgan fingerprint density at radius 3 is 2.09 bits per heavy atom. The van der Waals surface area contributed by atoms with E-state index in [0.717, 1.165) is 31.2 Å². The van der Waals surface area contributed by atoms with Crippen LogP contribution in [0.2, 0.25) is 0 Å². The lowest BCUT2D eigenvalue weighted by molar-refractivity contribution is -0.149. The molecule has 1 aromatic carbocycles. The van der Waals surface area contributed by atoms with Crippen molar-refractivity contribution in [2.24, 2.45) is 29.4 Å². The number of carbonyl (C=O) groups excluding carboxylic acids is 5. The molecule has 2 rings (SSSR count). The van der Waals surface area contributed by atoms with Crippen LogP contribution in [-0.4, -0.2) is 142 Å². The number of esters is 1. The van der Waals surface area contributed by atoms with Gasteiger partial charge in [0.1, 0.15) is 12.1 Å². The summed E-state index contributed by atoms with van der Waals surface area (Å²) in [5.41, 5.74) is 6.58. The molecule has 0 aromatic heterocycles. The van der Waals surface area contributed by atoms with Crippen molar-refractivity contribution in [3.8, 4) is 0 Å². The van der Waals surface area contributed by atoms with Gasteiger partial charge in [-0.1, -0.05) is 85.2 Å². The molecule has 14 nitrogen and oxygen atoms in total. The summed E-state index contributed by atoms with van der Waals surface area (Å²) >= 11 is 0. The zero-order valence-corrected chi connectivity index (χ0v) is 37.5. The Morgan fingerprint density at radius 2 is 1.55 bits per heavy atom. The van der Waals surface area contributed by atoms with Crippen LogP contribution in [0.5, 0.6) is 0 Å². The number of hydrogen-bond donors (Lipinski definition) is 3. The molecule has 1 saturated heterocycles. The summed E-state index contributed by atoms with van der Waals surface area (Å²) in [5.74, 6) is -2.47. The van der Waals surface area contributed by atoms with Crippen LogP contribution < -0.4 is 16.4 Å². The van der Waals surface area contributed by atoms with E-state index in [1.165, 1.54) is 14.2 Å². The third-order valence-electron chi connectivity index (χ3n) is 11.9. The fraction of sp³-hybridized carbons (Fsp3) is 0.750. The number of unbranched alkanes of at least 4 members (excludes halogenated alkanes) is 1. The molecule has 330 valence electrons. The Hall–Kier alpha value is -3.59. The van der Waals surface area contributed by atoms with Crippen LogP contribution in [0.25, 0.3) is 0 Å². The molecule has 1 heterocycles. The Kier molecular flexibility index (Phi) is 21.9. The van der Waals surface area contributed by atoms with E-state index < -0.39 is 54.3 Å². The third-order valence-corrected chi connectivity index (χ3v) is 11.9. The van der Waals surface area contributed by atoms with Gasteiger partial charge in [-0.2, -0.15) is 0 Å². The number of methoxy groups -OCH3 is 3. The second-order valence-corrected chi connectivity index (χ2v) is 16.8. The monoisotopic (exact) mass is 817 g/mol. The van der Waals surface area contributed by atoms with Crippen molar-refractivity contribution in [1.29, 1.82) is 0 Å². The summed E-state index contributed by atoms with van der Waals surface area (Å²) in [6, 6.07) is 6.40. The minimum atomic E-state index is -0.895. The molecule has 0 bridgehead atoms. The van der Waals surface area contributed by atoms with Crippen LogP contribution in [0.4, 0.5) is 0 Å². The number of ether oxygens (including phenoxy) is 3. The predicted octanol–water partition coefficient (Wildman–Crippen LogP) is 3.64. The molecule has 1 aliphatic rings. The number of benzene rings is 1. The Bertz CT molecular complexity index is 1430. The molecule has 0 spiro atoms. The van der Waals surface area contributed by atoms with Gasteiger partial charge in [0, 0.05) is 34.2 Å². The summed E-state index contributed by atoms with van der Waals surface area (Å²) in [6.07, 6.45) is 2.78. The van der Waals surface area contributed by atoms with Gasteiger partial charge in [0.05, 0.1) is 49.8 Å². The average molecular weight is 817 g/mol. The highest BCUT2D eigenvalue weighted by atomic mass is 16.5. The highest BCUT2D eigenvalue weighted by Crippen LogP contribution is 2.30. The lowest BCUT2D eigenvalue weighted by atomic mass is 9.89. The highest BCUT2D eigenvalue weighted by Gasteiger charge is 2.43. The first kappa shape index (κ1) is 50.6. The van der Waals surface area contributed by atoms with Crippen molar-refractivity contribution >= 4 is 29.6 Å². The molecular formula is C44H76N6O8. The normalized spacial score (nSPS) is 18.6. The van der Waals surface area contributed by atoms with Crippen molar-refractivity contribution in [2.75, 3.05) is 55.1 Å². The molecule has 0 saturated carbocycles. The van der Waals surface area contributed by atoms with Gasteiger partial charge in [0.2, 0.25) is 23.6 Å². The van der Waals surface area contributed by atoms with E-state index in [-0.39, 0.29) is 54.2 Å². The van der Waals surface area contributed by atoms with Gasteiger partial charge in [-0.05, 0) is 69.1 Å². The van der Waals surface area contributed by atoms with Gasteiger partial charge >= 0.3 is 5.97 Å². The fourth-order valence-electron chi connectivity index (χ4n) is 8.42. The number of amides is 4. The third kappa shape index (κ3) is 14.0. The number of likely N-dealkylation sites (N-methyl/N-ethyl adjacent to an activating group) is 2. The maximum absolute atomic E-state index is 14.4. The second kappa shape index (κ2) is 25.1. The number of carbonyl (C=O) groups is 5. The molecule has 0 radical (unpaired) electrons. The first-order valence-corrected chi connectivity index (χ1v) is 21.2. The Balaban J connectivity index is 2.28. The minimum Gasteiger partial charge on any atom is -0.467 e. The van der Waals surface area contributed by atoms with Gasteiger partial charge < -0.3 is 40.4 Å². The van der Waals surface area contributed by atoms with Gasteiger partial charge in [-0.15, -0.1) is 0 Å². The van der Waals surface area contributed by atoms with Crippen molar-refractivity contribution in [2.45, 2.75) is 136 Å². The molecular weight excluding hydrogens is 741 g/mol. The summed E-state index contributed by atoms with van der Waals surface area (Å²) < 4.78 is 17.0. The number of nitrogens with two attached hydrogens (primary N) is 1. The van der Waals surface area contributed by atoms with Crippen LogP contribution in [0.1, 0.15) is 92.6 Å². The molecule has 1 aromatic rings. The first-order chi connectivity index (χ1) is 27.5. The first-order valence-electron chi connectivity index (χ1n) is 21.2. The predicted molar refractivity (Wildman–Crippen MR) is 227 cm³/mol. The SMILES string of the molecule is CCC(C)C(C(CC(=O)N1CCCC1C(OC)C(C)C(=O)NC(Cc1ccccc1)C(=O)OC)OC)N(C)C(=O)C(NC(=O)C(C(C)C)N(C)CCCCN)C(C)C. The molecule has 4 N–H and O–H groups in total. The number of likely N-dealkylation sites (tertiary alicyclic amines) is 1. The second-order valence-electron chi connectivity index (χ2n) is 16.8. The summed E-state index contributed by atoms with van der Waals surface area (Å²) in [4.78, 5) is 74.4. The molecule has 4 amide bonds. The van der Waals surface area contributed by atoms with E-state index in [4.69, 9.17) is 19.9 Å². The average Bonchev–Trinajstić information content (AvgIpc) is 3.68. The zero-order valence-electron chi connectivity index (χ0n) is 37.5. The number of rotatable bonds is 25. The maximum Gasteiger partial charge on any atom is 0.328 e. The van der Waals surface area contributed by atoms with Gasteiger partial charge in [0.15, 0.2) is 0 Å². The van der Waals surface area contributed by atoms with E-state index in [9.17, 15) is 24.0 Å². The van der Waals surface area contributed by atoms with E-state index in [1.54, 1.807) is 30.9 Å². The molecule has 0 aliphatic carbocycles. The van der Waals surface area contributed by atoms with E-state index >= 15 is 0 Å². The molecule has 14 heteroatoms. The molecule has 58 heavy (non-hydrogen) atoms. The largest absolute Gasteiger partial charge is 0.467 e. The van der Waals surface area contributed by atoms with Crippen molar-refractivity contribution in [1.82, 2.24) is 25.3 Å². The Labute approximate surface area is 348 Å². The molecule has 9 unspecified atom stereocenters. The zero-order chi connectivity index (χ0) is 43.7. The van der Waals surface area contributed by atoms with Crippen LogP contribution in [0, 0.1) is 23.7 Å². The highest BCUT2D eigenvalue weighted by molar-refractivity contribution is 5.90. The summed E-state index contributed by atoms with van der Waals surface area (Å²) in [7, 11) is 8.04. The van der Waals surface area contributed by atoms with Crippen LogP contribution in [0.3, 0.4) is 0 Å². The van der Waals surface area contributed by atoms with Gasteiger partial charge in [0.25, 0.3) is 0 Å². The van der Waals surface area contributed by atoms with Crippen LogP contribution in [0.15, 0.2) is 30.3 Å². The Morgan fingerprint density at radius 1 is 0.897 bits per heavy atom.